The van der Waals surface area contributed by atoms with Crippen LogP contribution in [0.15, 0.2) is 6.33 Å². The molecule has 1 aliphatic heterocycles. The predicted molar refractivity (Wildman–Crippen MR) is 72.4 cm³/mol. The Balaban J connectivity index is 1.75. The van der Waals surface area contributed by atoms with E-state index in [1.165, 1.54) is 6.33 Å². The summed E-state index contributed by atoms with van der Waals surface area (Å²) in [6.07, 6.45) is 2.86. The van der Waals surface area contributed by atoms with E-state index in [1.54, 1.807) is 0 Å². The van der Waals surface area contributed by atoms with E-state index in [-0.39, 0.29) is 23.7 Å². The maximum atomic E-state index is 12.0. The van der Waals surface area contributed by atoms with Crippen LogP contribution in [0, 0.1) is 11.8 Å². The van der Waals surface area contributed by atoms with Crippen molar-refractivity contribution in [3.8, 4) is 0 Å². The van der Waals surface area contributed by atoms with E-state index < -0.39 is 0 Å². The molecular weight excluding hydrogens is 258 g/mol. The van der Waals surface area contributed by atoms with E-state index in [9.17, 15) is 9.59 Å². The van der Waals surface area contributed by atoms with Crippen molar-refractivity contribution in [2.45, 2.75) is 33.2 Å². The highest BCUT2D eigenvalue weighted by atomic mass is 16.2. The predicted octanol–water partition coefficient (Wildman–Crippen LogP) is 0.316. The molecule has 2 amide bonds. The Labute approximate surface area is 118 Å². The van der Waals surface area contributed by atoms with E-state index in [0.29, 0.717) is 25.5 Å². The number of aromatic nitrogens is 3. The summed E-state index contributed by atoms with van der Waals surface area (Å²) < 4.78 is 0. The lowest BCUT2D eigenvalue weighted by atomic mass is 9.95. The number of carbonyl (C=O) groups is 2. The van der Waals surface area contributed by atoms with Crippen LogP contribution >= 0.6 is 0 Å². The van der Waals surface area contributed by atoms with E-state index in [0.717, 1.165) is 12.8 Å². The molecule has 0 bridgehead atoms. The lowest BCUT2D eigenvalue weighted by Crippen LogP contribution is -2.44. The summed E-state index contributed by atoms with van der Waals surface area (Å²) in [5.41, 5.74) is 0. The normalized spacial score (nSPS) is 16.4. The maximum absolute atomic E-state index is 12.0. The van der Waals surface area contributed by atoms with Crippen LogP contribution in [0.5, 0.6) is 0 Å². The lowest BCUT2D eigenvalue weighted by molar-refractivity contribution is -0.138. The molecule has 2 rings (SSSR count). The van der Waals surface area contributed by atoms with Gasteiger partial charge in [-0.3, -0.25) is 14.7 Å². The first-order valence-corrected chi connectivity index (χ1v) is 6.98. The average Bonchev–Trinajstić information content (AvgIpc) is 2.97. The number of H-pyrrole nitrogens is 1. The molecule has 110 valence electrons. The van der Waals surface area contributed by atoms with Crippen molar-refractivity contribution in [2.24, 2.45) is 11.8 Å². The molecule has 20 heavy (non-hydrogen) atoms. The van der Waals surface area contributed by atoms with Gasteiger partial charge in [-0.05, 0) is 12.8 Å². The van der Waals surface area contributed by atoms with Crippen molar-refractivity contribution in [1.29, 1.82) is 0 Å². The van der Waals surface area contributed by atoms with Crippen LogP contribution in [0.2, 0.25) is 0 Å². The third-order valence-electron chi connectivity index (χ3n) is 3.57. The Kier molecular flexibility index (Phi) is 4.70. The van der Waals surface area contributed by atoms with Gasteiger partial charge in [0.25, 0.3) is 0 Å². The standard InChI is InChI=1S/C13H21N5O2/c1-9(2)13(20)18-5-3-10(4-6-18)12(19)14-7-11-15-8-16-17-11/h8-10H,3-7H2,1-2H3,(H,14,19)(H,15,16,17). The summed E-state index contributed by atoms with van der Waals surface area (Å²) >= 11 is 0. The molecule has 0 atom stereocenters. The van der Waals surface area contributed by atoms with Crippen molar-refractivity contribution in [1.82, 2.24) is 25.4 Å². The van der Waals surface area contributed by atoms with Gasteiger partial charge in [-0.1, -0.05) is 13.8 Å². The number of hydrogen-bond donors (Lipinski definition) is 2. The quantitative estimate of drug-likeness (QED) is 0.830. The monoisotopic (exact) mass is 279 g/mol. The fourth-order valence-corrected chi connectivity index (χ4v) is 2.36. The van der Waals surface area contributed by atoms with Crippen molar-refractivity contribution < 1.29 is 9.59 Å². The third kappa shape index (κ3) is 3.55. The van der Waals surface area contributed by atoms with Crippen molar-refractivity contribution in [3.05, 3.63) is 12.2 Å². The van der Waals surface area contributed by atoms with Crippen LogP contribution in [0.1, 0.15) is 32.5 Å². The molecule has 1 aliphatic rings. The van der Waals surface area contributed by atoms with Gasteiger partial charge in [-0.15, -0.1) is 0 Å². The number of hydrogen-bond acceptors (Lipinski definition) is 4. The summed E-state index contributed by atoms with van der Waals surface area (Å²) in [6.45, 7) is 5.50. The molecule has 0 aromatic carbocycles. The Morgan fingerprint density at radius 3 is 2.70 bits per heavy atom. The van der Waals surface area contributed by atoms with Gasteiger partial charge in [0.1, 0.15) is 12.2 Å². The van der Waals surface area contributed by atoms with Crippen LogP contribution in [0.3, 0.4) is 0 Å². The first-order chi connectivity index (χ1) is 9.58. The number of likely N-dealkylation sites (tertiary alicyclic amines) is 1. The van der Waals surface area contributed by atoms with Crippen LogP contribution in [-0.4, -0.2) is 45.0 Å². The second-order valence-electron chi connectivity index (χ2n) is 5.40. The molecule has 2 heterocycles. The van der Waals surface area contributed by atoms with Crippen LogP contribution in [0.4, 0.5) is 0 Å². The van der Waals surface area contributed by atoms with E-state index >= 15 is 0 Å². The molecule has 0 radical (unpaired) electrons. The average molecular weight is 279 g/mol. The number of carbonyl (C=O) groups excluding carboxylic acids is 2. The zero-order valence-electron chi connectivity index (χ0n) is 11.9. The Bertz CT molecular complexity index is 449. The number of amides is 2. The smallest absolute Gasteiger partial charge is 0.225 e. The summed E-state index contributed by atoms with van der Waals surface area (Å²) in [5, 5.41) is 9.27. The number of nitrogens with one attached hydrogen (secondary N) is 2. The second-order valence-corrected chi connectivity index (χ2v) is 5.40. The SMILES string of the molecule is CC(C)C(=O)N1CCC(C(=O)NCc2ncn[nH]2)CC1. The molecular formula is C13H21N5O2. The minimum absolute atomic E-state index is 0.0193. The zero-order chi connectivity index (χ0) is 14.5. The Hall–Kier alpha value is -1.92. The molecule has 0 saturated carbocycles. The fourth-order valence-electron chi connectivity index (χ4n) is 2.36. The molecule has 1 saturated heterocycles. The zero-order valence-corrected chi connectivity index (χ0v) is 11.9. The minimum Gasteiger partial charge on any atom is -0.349 e. The highest BCUT2D eigenvalue weighted by Crippen LogP contribution is 2.19. The van der Waals surface area contributed by atoms with Gasteiger partial charge in [0.2, 0.25) is 11.8 Å². The van der Waals surface area contributed by atoms with Gasteiger partial charge in [-0.2, -0.15) is 5.10 Å². The summed E-state index contributed by atoms with van der Waals surface area (Å²) in [4.78, 5) is 29.7. The minimum atomic E-state index is -0.0193. The van der Waals surface area contributed by atoms with Gasteiger partial charge < -0.3 is 10.2 Å². The van der Waals surface area contributed by atoms with E-state index in [1.807, 2.05) is 18.7 Å². The molecule has 2 N–H and O–H groups in total. The van der Waals surface area contributed by atoms with Gasteiger partial charge >= 0.3 is 0 Å². The highest BCUT2D eigenvalue weighted by Gasteiger charge is 2.28. The van der Waals surface area contributed by atoms with Crippen molar-refractivity contribution in [3.63, 3.8) is 0 Å². The van der Waals surface area contributed by atoms with Gasteiger partial charge in [0.15, 0.2) is 0 Å². The number of piperidine rings is 1. The molecule has 0 spiro atoms. The van der Waals surface area contributed by atoms with Crippen LogP contribution < -0.4 is 5.32 Å². The molecule has 1 aromatic rings. The van der Waals surface area contributed by atoms with Gasteiger partial charge in [0, 0.05) is 24.9 Å². The third-order valence-corrected chi connectivity index (χ3v) is 3.57. The topological polar surface area (TPSA) is 91.0 Å². The van der Waals surface area contributed by atoms with Gasteiger partial charge in [-0.25, -0.2) is 4.98 Å². The lowest BCUT2D eigenvalue weighted by Gasteiger charge is -2.32. The Morgan fingerprint density at radius 1 is 1.45 bits per heavy atom. The Morgan fingerprint density at radius 2 is 2.15 bits per heavy atom. The van der Waals surface area contributed by atoms with Crippen LogP contribution in [-0.2, 0) is 16.1 Å². The molecule has 7 nitrogen and oxygen atoms in total. The summed E-state index contributed by atoms with van der Waals surface area (Å²) in [7, 11) is 0. The number of aromatic amines is 1. The molecule has 7 heteroatoms. The van der Waals surface area contributed by atoms with E-state index in [4.69, 9.17) is 0 Å². The van der Waals surface area contributed by atoms with Crippen LogP contribution in [0.25, 0.3) is 0 Å². The molecule has 1 aromatic heterocycles. The van der Waals surface area contributed by atoms with Crippen molar-refractivity contribution in [2.75, 3.05) is 13.1 Å². The number of nitrogens with zero attached hydrogens (tertiary/aromatic N) is 3. The number of rotatable bonds is 4. The second kappa shape index (κ2) is 6.49. The van der Waals surface area contributed by atoms with Gasteiger partial charge in [0.05, 0.1) is 6.54 Å². The molecule has 0 unspecified atom stereocenters. The summed E-state index contributed by atoms with van der Waals surface area (Å²) in [5.74, 6) is 0.843. The largest absolute Gasteiger partial charge is 0.349 e. The van der Waals surface area contributed by atoms with Crippen molar-refractivity contribution >= 4 is 11.8 Å². The fraction of sp³-hybridized carbons (Fsp3) is 0.692. The maximum Gasteiger partial charge on any atom is 0.225 e. The molecule has 1 fully saturated rings. The first-order valence-electron chi connectivity index (χ1n) is 6.98. The van der Waals surface area contributed by atoms with E-state index in [2.05, 4.69) is 20.5 Å². The highest BCUT2D eigenvalue weighted by molar-refractivity contribution is 5.80. The summed E-state index contributed by atoms with van der Waals surface area (Å²) in [6, 6.07) is 0. The molecule has 0 aliphatic carbocycles. The first kappa shape index (κ1) is 14.5.